The maximum Gasteiger partial charge on any atom is 0.226 e. The monoisotopic (exact) mass is 252 g/mol. The molecule has 0 bridgehead atoms. The lowest BCUT2D eigenvalue weighted by molar-refractivity contribution is -0.115. The summed E-state index contributed by atoms with van der Waals surface area (Å²) in [4.78, 5) is 14.0. The van der Waals surface area contributed by atoms with E-state index in [1.165, 1.54) is 5.56 Å². The largest absolute Gasteiger partial charge is 0.339 e. The van der Waals surface area contributed by atoms with E-state index >= 15 is 0 Å². The van der Waals surface area contributed by atoms with E-state index in [-0.39, 0.29) is 5.91 Å². The standard InChI is InChI=1S/C16H16N2O/c1-12-7-8-14-15(11-12)18(10-9-16(19)17-14)13-5-3-2-4-6-13/h2-8,11H,9-10H2,1H3,(H,17,19). The minimum Gasteiger partial charge on any atom is -0.339 e. The number of carbonyl (C=O) groups excluding carboxylic acids is 1. The van der Waals surface area contributed by atoms with Crippen LogP contribution in [-0.2, 0) is 4.79 Å². The van der Waals surface area contributed by atoms with Gasteiger partial charge in [-0.1, -0.05) is 24.3 Å². The lowest BCUT2D eigenvalue weighted by Gasteiger charge is -2.24. The molecule has 96 valence electrons. The van der Waals surface area contributed by atoms with Gasteiger partial charge in [0.05, 0.1) is 11.4 Å². The third kappa shape index (κ3) is 2.32. The average molecular weight is 252 g/mol. The number of benzene rings is 2. The summed E-state index contributed by atoms with van der Waals surface area (Å²) in [5, 5.41) is 2.97. The quantitative estimate of drug-likeness (QED) is 0.842. The van der Waals surface area contributed by atoms with Gasteiger partial charge in [0.1, 0.15) is 0 Å². The molecule has 3 nitrogen and oxygen atoms in total. The molecule has 1 aliphatic heterocycles. The van der Waals surface area contributed by atoms with Crippen LogP contribution in [0.2, 0.25) is 0 Å². The Morgan fingerprint density at radius 2 is 1.89 bits per heavy atom. The van der Waals surface area contributed by atoms with Crippen molar-refractivity contribution >= 4 is 23.0 Å². The van der Waals surface area contributed by atoms with Gasteiger partial charge in [0.25, 0.3) is 0 Å². The molecule has 3 rings (SSSR count). The highest BCUT2D eigenvalue weighted by atomic mass is 16.1. The number of aryl methyl sites for hydroxylation is 1. The maximum absolute atomic E-state index is 11.8. The minimum absolute atomic E-state index is 0.0727. The Kier molecular flexibility index (Phi) is 2.95. The Labute approximate surface area is 112 Å². The van der Waals surface area contributed by atoms with Crippen molar-refractivity contribution in [1.29, 1.82) is 0 Å². The van der Waals surface area contributed by atoms with Crippen LogP contribution >= 0.6 is 0 Å². The first-order valence-corrected chi connectivity index (χ1v) is 6.47. The number of para-hydroxylation sites is 1. The highest BCUT2D eigenvalue weighted by molar-refractivity contribution is 5.97. The van der Waals surface area contributed by atoms with Crippen molar-refractivity contribution in [2.75, 3.05) is 16.8 Å². The van der Waals surface area contributed by atoms with Crippen LogP contribution in [0, 0.1) is 6.92 Å². The molecule has 2 aromatic carbocycles. The summed E-state index contributed by atoms with van der Waals surface area (Å²) in [5.74, 6) is 0.0727. The molecule has 0 unspecified atom stereocenters. The van der Waals surface area contributed by atoms with Crippen LogP contribution in [0.4, 0.5) is 17.1 Å². The summed E-state index contributed by atoms with van der Waals surface area (Å²) >= 11 is 0. The molecular formula is C16H16N2O. The lowest BCUT2D eigenvalue weighted by Crippen LogP contribution is -2.18. The van der Waals surface area contributed by atoms with Crippen molar-refractivity contribution in [3.63, 3.8) is 0 Å². The summed E-state index contributed by atoms with van der Waals surface area (Å²) < 4.78 is 0. The van der Waals surface area contributed by atoms with Gasteiger partial charge in [-0.25, -0.2) is 0 Å². The average Bonchev–Trinajstić information content (AvgIpc) is 2.58. The molecule has 0 saturated carbocycles. The predicted octanol–water partition coefficient (Wildman–Crippen LogP) is 3.48. The molecule has 1 N–H and O–H groups in total. The molecule has 0 saturated heterocycles. The van der Waals surface area contributed by atoms with Crippen LogP contribution in [0.25, 0.3) is 0 Å². The van der Waals surface area contributed by atoms with Crippen LogP contribution in [-0.4, -0.2) is 12.5 Å². The number of nitrogens with zero attached hydrogens (tertiary/aromatic N) is 1. The van der Waals surface area contributed by atoms with Crippen LogP contribution in [0.3, 0.4) is 0 Å². The number of nitrogens with one attached hydrogen (secondary N) is 1. The highest BCUT2D eigenvalue weighted by Crippen LogP contribution is 2.34. The molecule has 19 heavy (non-hydrogen) atoms. The Balaban J connectivity index is 2.11. The second kappa shape index (κ2) is 4.76. The Hall–Kier alpha value is -2.29. The van der Waals surface area contributed by atoms with Crippen LogP contribution in [0.15, 0.2) is 48.5 Å². The molecule has 1 heterocycles. The van der Waals surface area contributed by atoms with Crippen LogP contribution in [0.1, 0.15) is 12.0 Å². The molecule has 0 radical (unpaired) electrons. The zero-order chi connectivity index (χ0) is 13.2. The van der Waals surface area contributed by atoms with Crippen molar-refractivity contribution in [2.24, 2.45) is 0 Å². The molecule has 1 aliphatic rings. The first-order chi connectivity index (χ1) is 9.24. The first kappa shape index (κ1) is 11.8. The molecule has 0 aliphatic carbocycles. The summed E-state index contributed by atoms with van der Waals surface area (Å²) in [6.07, 6.45) is 0.503. The van der Waals surface area contributed by atoms with Crippen molar-refractivity contribution in [1.82, 2.24) is 0 Å². The fourth-order valence-electron chi connectivity index (χ4n) is 2.39. The summed E-state index contributed by atoms with van der Waals surface area (Å²) in [6, 6.07) is 16.3. The van der Waals surface area contributed by atoms with Gasteiger partial charge in [-0.05, 0) is 36.8 Å². The van der Waals surface area contributed by atoms with Crippen LogP contribution in [0.5, 0.6) is 0 Å². The van der Waals surface area contributed by atoms with Crippen molar-refractivity contribution in [3.8, 4) is 0 Å². The lowest BCUT2D eigenvalue weighted by atomic mass is 10.1. The van der Waals surface area contributed by atoms with Gasteiger partial charge in [-0.2, -0.15) is 0 Å². The smallest absolute Gasteiger partial charge is 0.226 e. The Bertz CT molecular complexity index is 607. The van der Waals surface area contributed by atoms with Gasteiger partial charge in [-0.3, -0.25) is 4.79 Å². The summed E-state index contributed by atoms with van der Waals surface area (Å²) in [7, 11) is 0. The number of amides is 1. The van der Waals surface area contributed by atoms with Gasteiger partial charge < -0.3 is 10.2 Å². The molecule has 0 aromatic heterocycles. The van der Waals surface area contributed by atoms with Gasteiger partial charge in [0.2, 0.25) is 5.91 Å². The third-order valence-corrected chi connectivity index (χ3v) is 3.35. The van der Waals surface area contributed by atoms with E-state index in [0.29, 0.717) is 13.0 Å². The summed E-state index contributed by atoms with van der Waals surface area (Å²) in [6.45, 7) is 2.77. The maximum atomic E-state index is 11.8. The zero-order valence-corrected chi connectivity index (χ0v) is 10.9. The molecule has 2 aromatic rings. The second-order valence-electron chi connectivity index (χ2n) is 4.81. The Morgan fingerprint density at radius 3 is 2.68 bits per heavy atom. The van der Waals surface area contributed by atoms with Gasteiger partial charge in [0, 0.05) is 18.7 Å². The molecule has 1 amide bonds. The highest BCUT2D eigenvalue weighted by Gasteiger charge is 2.20. The zero-order valence-electron chi connectivity index (χ0n) is 10.9. The fraction of sp³-hybridized carbons (Fsp3) is 0.188. The second-order valence-corrected chi connectivity index (χ2v) is 4.81. The number of rotatable bonds is 1. The Morgan fingerprint density at radius 1 is 1.11 bits per heavy atom. The normalized spacial score (nSPS) is 14.6. The van der Waals surface area contributed by atoms with Gasteiger partial charge in [-0.15, -0.1) is 0 Å². The summed E-state index contributed by atoms with van der Waals surface area (Å²) in [5.41, 5.74) is 4.26. The van der Waals surface area contributed by atoms with Crippen molar-refractivity contribution < 1.29 is 4.79 Å². The number of fused-ring (bicyclic) bond motifs is 1. The fourth-order valence-corrected chi connectivity index (χ4v) is 2.39. The minimum atomic E-state index is 0.0727. The topological polar surface area (TPSA) is 32.3 Å². The van der Waals surface area contributed by atoms with E-state index in [1.807, 2.05) is 30.3 Å². The van der Waals surface area contributed by atoms with Crippen molar-refractivity contribution in [3.05, 3.63) is 54.1 Å². The van der Waals surface area contributed by atoms with E-state index < -0.39 is 0 Å². The van der Waals surface area contributed by atoms with Crippen molar-refractivity contribution in [2.45, 2.75) is 13.3 Å². The number of anilines is 3. The molecule has 0 atom stereocenters. The van der Waals surface area contributed by atoms with Gasteiger partial charge in [0.15, 0.2) is 0 Å². The first-order valence-electron chi connectivity index (χ1n) is 6.47. The number of hydrogen-bond acceptors (Lipinski definition) is 2. The van der Waals surface area contributed by atoms with E-state index in [4.69, 9.17) is 0 Å². The number of hydrogen-bond donors (Lipinski definition) is 1. The SMILES string of the molecule is Cc1ccc2c(c1)N(c1ccccc1)CCC(=O)N2. The molecule has 3 heteroatoms. The predicted molar refractivity (Wildman–Crippen MR) is 77.9 cm³/mol. The van der Waals surface area contributed by atoms with E-state index in [1.54, 1.807) is 0 Å². The third-order valence-electron chi connectivity index (χ3n) is 3.35. The van der Waals surface area contributed by atoms with E-state index in [2.05, 4.69) is 35.3 Å². The van der Waals surface area contributed by atoms with Gasteiger partial charge >= 0.3 is 0 Å². The van der Waals surface area contributed by atoms with E-state index in [0.717, 1.165) is 17.1 Å². The van der Waals surface area contributed by atoms with Crippen LogP contribution < -0.4 is 10.2 Å². The molecular weight excluding hydrogens is 236 g/mol. The van der Waals surface area contributed by atoms with E-state index in [9.17, 15) is 4.79 Å². The molecule has 0 spiro atoms. The number of carbonyl (C=O) groups is 1. The molecule has 0 fully saturated rings.